The molecule has 1 fully saturated rings. The molecule has 1 aromatic rings. The van der Waals surface area contributed by atoms with Crippen molar-refractivity contribution in [3.05, 3.63) is 24.3 Å². The Morgan fingerprint density at radius 1 is 1.47 bits per heavy atom. The number of hydrogen-bond acceptors (Lipinski definition) is 4. The van der Waals surface area contributed by atoms with Crippen LogP contribution < -0.4 is 15.8 Å². The van der Waals surface area contributed by atoms with Crippen molar-refractivity contribution in [2.24, 2.45) is 11.1 Å². The second kappa shape index (κ2) is 5.93. The molecule has 0 radical (unpaired) electrons. The minimum atomic E-state index is -0.357. The number of rotatable bonds is 7. The first-order valence-electron chi connectivity index (χ1n) is 6.41. The van der Waals surface area contributed by atoms with Crippen molar-refractivity contribution in [1.29, 1.82) is 0 Å². The van der Waals surface area contributed by atoms with Gasteiger partial charge in [-0.1, -0.05) is 19.1 Å². The van der Waals surface area contributed by atoms with E-state index in [9.17, 15) is 4.79 Å². The van der Waals surface area contributed by atoms with Gasteiger partial charge in [-0.05, 0) is 12.1 Å². The monoisotopic (exact) mass is 264 g/mol. The van der Waals surface area contributed by atoms with Crippen molar-refractivity contribution in [2.75, 3.05) is 31.7 Å². The van der Waals surface area contributed by atoms with Gasteiger partial charge in [-0.25, -0.2) is 0 Å². The van der Waals surface area contributed by atoms with Crippen LogP contribution in [0.4, 0.5) is 5.69 Å². The number of nitrogens with two attached hydrogens (primary N) is 1. The third-order valence-electron chi connectivity index (χ3n) is 3.10. The van der Waals surface area contributed by atoms with Crippen LogP contribution in [0.1, 0.15) is 13.3 Å². The average Bonchev–Trinajstić information content (AvgIpc) is 2.35. The van der Waals surface area contributed by atoms with Gasteiger partial charge >= 0.3 is 0 Å². The summed E-state index contributed by atoms with van der Waals surface area (Å²) in [5, 5.41) is 3.37. The summed E-state index contributed by atoms with van der Waals surface area (Å²) in [5.74, 6) is 0.386. The molecular formula is C14H20N2O3. The Labute approximate surface area is 113 Å². The predicted molar refractivity (Wildman–Crippen MR) is 73.2 cm³/mol. The van der Waals surface area contributed by atoms with E-state index in [1.165, 1.54) is 0 Å². The first-order valence-corrected chi connectivity index (χ1v) is 6.41. The fourth-order valence-corrected chi connectivity index (χ4v) is 1.86. The molecule has 0 bridgehead atoms. The number of hydrogen-bond donors (Lipinski definition) is 2. The number of primary amides is 1. The molecule has 0 unspecified atom stereocenters. The van der Waals surface area contributed by atoms with Gasteiger partial charge in [0.1, 0.15) is 5.75 Å². The lowest BCUT2D eigenvalue weighted by atomic mass is 9.88. The summed E-state index contributed by atoms with van der Waals surface area (Å²) >= 11 is 0. The summed E-state index contributed by atoms with van der Waals surface area (Å²) in [6.45, 7) is 4.88. The molecule has 0 aromatic heterocycles. The van der Waals surface area contributed by atoms with Gasteiger partial charge in [0.05, 0.1) is 31.9 Å². The summed E-state index contributed by atoms with van der Waals surface area (Å²) in [6.07, 6.45) is 0.222. The van der Waals surface area contributed by atoms with E-state index in [0.717, 1.165) is 31.2 Å². The van der Waals surface area contributed by atoms with Crippen molar-refractivity contribution in [3.63, 3.8) is 0 Å². The number of ether oxygens (including phenoxy) is 2. The van der Waals surface area contributed by atoms with Crippen molar-refractivity contribution >= 4 is 11.6 Å². The highest BCUT2D eigenvalue weighted by atomic mass is 16.5. The molecule has 2 rings (SSSR count). The maximum Gasteiger partial charge on any atom is 0.220 e. The average molecular weight is 264 g/mol. The van der Waals surface area contributed by atoms with Gasteiger partial charge in [0.25, 0.3) is 0 Å². The fourth-order valence-electron chi connectivity index (χ4n) is 1.86. The van der Waals surface area contributed by atoms with Crippen LogP contribution in [0, 0.1) is 5.41 Å². The normalized spacial score (nSPS) is 16.5. The lowest BCUT2D eigenvalue weighted by Crippen LogP contribution is -2.45. The highest BCUT2D eigenvalue weighted by molar-refractivity contribution is 5.73. The number of nitrogens with one attached hydrogen (secondary N) is 1. The third-order valence-corrected chi connectivity index (χ3v) is 3.10. The van der Waals surface area contributed by atoms with Crippen LogP contribution in [0.2, 0.25) is 0 Å². The molecular weight excluding hydrogens is 244 g/mol. The van der Waals surface area contributed by atoms with Crippen LogP contribution in [-0.2, 0) is 9.53 Å². The first kappa shape index (κ1) is 13.7. The smallest absolute Gasteiger partial charge is 0.220 e. The molecule has 1 heterocycles. The van der Waals surface area contributed by atoms with E-state index in [1.807, 2.05) is 24.3 Å². The van der Waals surface area contributed by atoms with Crippen LogP contribution in [0.25, 0.3) is 0 Å². The van der Waals surface area contributed by atoms with Gasteiger partial charge in [-0.15, -0.1) is 0 Å². The van der Waals surface area contributed by atoms with Crippen LogP contribution in [0.3, 0.4) is 0 Å². The molecule has 5 nitrogen and oxygen atoms in total. The Balaban J connectivity index is 1.89. The Morgan fingerprint density at radius 3 is 2.84 bits per heavy atom. The minimum absolute atomic E-state index is 0.195. The van der Waals surface area contributed by atoms with Crippen LogP contribution in [0.15, 0.2) is 24.3 Å². The summed E-state index contributed by atoms with van der Waals surface area (Å²) in [4.78, 5) is 10.7. The van der Waals surface area contributed by atoms with Crippen LogP contribution in [0.5, 0.6) is 5.75 Å². The maximum absolute atomic E-state index is 10.7. The lowest BCUT2D eigenvalue weighted by molar-refractivity contribution is -0.118. The predicted octanol–water partition coefficient (Wildman–Crippen LogP) is 1.39. The summed E-state index contributed by atoms with van der Waals surface area (Å²) < 4.78 is 10.8. The molecule has 0 atom stereocenters. The Morgan fingerprint density at radius 2 is 2.21 bits per heavy atom. The summed E-state index contributed by atoms with van der Waals surface area (Å²) in [7, 11) is 0. The number of carbonyl (C=O) groups is 1. The molecule has 0 aliphatic carbocycles. The second-order valence-corrected chi connectivity index (χ2v) is 5.22. The molecule has 104 valence electrons. The van der Waals surface area contributed by atoms with Crippen molar-refractivity contribution in [1.82, 2.24) is 0 Å². The van der Waals surface area contributed by atoms with Crippen molar-refractivity contribution in [3.8, 4) is 5.75 Å². The molecule has 19 heavy (non-hydrogen) atoms. The Kier molecular flexibility index (Phi) is 4.27. The molecule has 0 spiro atoms. The molecule has 5 heteroatoms. The van der Waals surface area contributed by atoms with Gasteiger partial charge in [0, 0.05) is 12.0 Å². The Bertz CT molecular complexity index is 444. The van der Waals surface area contributed by atoms with E-state index in [0.29, 0.717) is 6.61 Å². The standard InChI is InChI=1S/C14H20N2O3/c1-14(9-18-10-14)8-16-11-4-2-3-5-12(11)19-7-6-13(15)17/h2-5,16H,6-10H2,1H3,(H2,15,17). The van der Waals surface area contributed by atoms with Crippen LogP contribution >= 0.6 is 0 Å². The number of anilines is 1. The van der Waals surface area contributed by atoms with Gasteiger partial charge in [0.2, 0.25) is 5.91 Å². The van der Waals surface area contributed by atoms with Crippen molar-refractivity contribution in [2.45, 2.75) is 13.3 Å². The molecule has 1 saturated heterocycles. The lowest BCUT2D eigenvalue weighted by Gasteiger charge is -2.38. The third kappa shape index (κ3) is 3.86. The molecule has 1 aliphatic rings. The molecule has 1 aromatic carbocycles. The zero-order valence-corrected chi connectivity index (χ0v) is 11.1. The summed E-state index contributed by atoms with van der Waals surface area (Å²) in [5.41, 5.74) is 6.21. The van der Waals surface area contributed by atoms with E-state index < -0.39 is 0 Å². The van der Waals surface area contributed by atoms with Gasteiger partial charge < -0.3 is 20.5 Å². The molecule has 1 amide bonds. The van der Waals surface area contributed by atoms with Crippen molar-refractivity contribution < 1.29 is 14.3 Å². The quantitative estimate of drug-likeness (QED) is 0.780. The number of amides is 1. The molecule has 0 saturated carbocycles. The topological polar surface area (TPSA) is 73.6 Å². The number of benzene rings is 1. The highest BCUT2D eigenvalue weighted by Crippen LogP contribution is 2.29. The minimum Gasteiger partial charge on any atom is -0.491 e. The highest BCUT2D eigenvalue weighted by Gasteiger charge is 2.33. The van der Waals surface area contributed by atoms with E-state index in [-0.39, 0.29) is 17.7 Å². The number of para-hydroxylation sites is 2. The van der Waals surface area contributed by atoms with Crippen LogP contribution in [-0.4, -0.2) is 32.3 Å². The number of carbonyl (C=O) groups excluding carboxylic acids is 1. The maximum atomic E-state index is 10.7. The van der Waals surface area contributed by atoms with Gasteiger partial charge in [0.15, 0.2) is 0 Å². The van der Waals surface area contributed by atoms with E-state index >= 15 is 0 Å². The summed E-state index contributed by atoms with van der Waals surface area (Å²) in [6, 6.07) is 7.69. The largest absolute Gasteiger partial charge is 0.491 e. The zero-order valence-electron chi connectivity index (χ0n) is 11.1. The fraction of sp³-hybridized carbons (Fsp3) is 0.500. The van der Waals surface area contributed by atoms with E-state index in [4.69, 9.17) is 15.2 Å². The SMILES string of the molecule is CC1(CNc2ccccc2OCCC(N)=O)COC1. The first-order chi connectivity index (χ1) is 9.09. The second-order valence-electron chi connectivity index (χ2n) is 5.22. The van der Waals surface area contributed by atoms with E-state index in [1.54, 1.807) is 0 Å². The molecule has 3 N–H and O–H groups in total. The zero-order chi connectivity index (χ0) is 13.7. The molecule has 1 aliphatic heterocycles. The van der Waals surface area contributed by atoms with Gasteiger partial charge in [-0.2, -0.15) is 0 Å². The van der Waals surface area contributed by atoms with Gasteiger partial charge in [-0.3, -0.25) is 4.79 Å². The van der Waals surface area contributed by atoms with E-state index in [2.05, 4.69) is 12.2 Å². The Hall–Kier alpha value is -1.75.